The molecule has 0 aliphatic rings. The molecule has 0 fully saturated rings. The number of aromatic nitrogens is 1. The second-order valence-corrected chi connectivity index (χ2v) is 4.52. The summed E-state index contributed by atoms with van der Waals surface area (Å²) >= 11 is 0. The standard InChI is InChI=1S/C14H18N2O3/c1-8(15)13(14(17)19-3)11-7-16-12-5-4-9(18-2)6-10(11)12/h4-8,13,16H,15H2,1-3H3/t8-,13-/m1/s1. The van der Waals surface area contributed by atoms with Crippen LogP contribution in [0.2, 0.25) is 0 Å². The number of hydrogen-bond donors (Lipinski definition) is 2. The summed E-state index contributed by atoms with van der Waals surface area (Å²) in [5, 5.41) is 0.923. The molecule has 0 aliphatic heterocycles. The number of ether oxygens (including phenoxy) is 2. The Hall–Kier alpha value is -2.01. The van der Waals surface area contributed by atoms with E-state index in [9.17, 15) is 4.79 Å². The van der Waals surface area contributed by atoms with E-state index in [4.69, 9.17) is 15.2 Å². The number of carbonyl (C=O) groups is 1. The van der Waals surface area contributed by atoms with Gasteiger partial charge in [-0.25, -0.2) is 0 Å². The molecule has 5 heteroatoms. The fraction of sp³-hybridized carbons (Fsp3) is 0.357. The van der Waals surface area contributed by atoms with E-state index < -0.39 is 5.92 Å². The van der Waals surface area contributed by atoms with Crippen molar-refractivity contribution < 1.29 is 14.3 Å². The second-order valence-electron chi connectivity index (χ2n) is 4.52. The Bertz CT molecular complexity index is 589. The van der Waals surface area contributed by atoms with E-state index in [1.807, 2.05) is 18.2 Å². The average molecular weight is 262 g/mol. The number of aromatic amines is 1. The number of fused-ring (bicyclic) bond motifs is 1. The molecule has 19 heavy (non-hydrogen) atoms. The van der Waals surface area contributed by atoms with Gasteiger partial charge in [-0.2, -0.15) is 0 Å². The van der Waals surface area contributed by atoms with Crippen molar-refractivity contribution in [3.8, 4) is 5.75 Å². The minimum absolute atomic E-state index is 0.335. The first-order valence-corrected chi connectivity index (χ1v) is 6.07. The smallest absolute Gasteiger partial charge is 0.314 e. The lowest BCUT2D eigenvalue weighted by atomic mass is 9.92. The number of nitrogens with one attached hydrogen (secondary N) is 1. The van der Waals surface area contributed by atoms with Gasteiger partial charge < -0.3 is 20.2 Å². The third-order valence-corrected chi connectivity index (χ3v) is 3.24. The summed E-state index contributed by atoms with van der Waals surface area (Å²) in [7, 11) is 2.98. The van der Waals surface area contributed by atoms with Crippen LogP contribution in [0.25, 0.3) is 10.9 Å². The maximum Gasteiger partial charge on any atom is 0.314 e. The Labute approximate surface area is 111 Å². The van der Waals surface area contributed by atoms with Crippen LogP contribution in [0.1, 0.15) is 18.4 Å². The van der Waals surface area contributed by atoms with Gasteiger partial charge in [-0.3, -0.25) is 4.79 Å². The zero-order chi connectivity index (χ0) is 14.0. The normalized spacial score (nSPS) is 14.1. The molecule has 2 aromatic rings. The summed E-state index contributed by atoms with van der Waals surface area (Å²) in [5.41, 5.74) is 7.68. The van der Waals surface area contributed by atoms with E-state index >= 15 is 0 Å². The maximum absolute atomic E-state index is 11.9. The molecule has 0 amide bonds. The number of rotatable bonds is 4. The van der Waals surface area contributed by atoms with Gasteiger partial charge in [0.1, 0.15) is 5.75 Å². The first-order chi connectivity index (χ1) is 9.08. The minimum Gasteiger partial charge on any atom is -0.497 e. The molecule has 3 N–H and O–H groups in total. The SMILES string of the molecule is COC(=O)[C@@H](c1c[nH]c2ccc(OC)cc12)[C@@H](C)N. The van der Waals surface area contributed by atoms with Gasteiger partial charge in [-0.15, -0.1) is 0 Å². The molecule has 0 saturated carbocycles. The van der Waals surface area contributed by atoms with Gasteiger partial charge in [0.15, 0.2) is 0 Å². The molecule has 5 nitrogen and oxygen atoms in total. The first kappa shape index (κ1) is 13.4. The Morgan fingerprint density at radius 3 is 2.68 bits per heavy atom. The summed E-state index contributed by atoms with van der Waals surface area (Å²) < 4.78 is 10.1. The second kappa shape index (κ2) is 5.32. The van der Waals surface area contributed by atoms with Crippen molar-refractivity contribution in [1.82, 2.24) is 4.98 Å². The van der Waals surface area contributed by atoms with Crippen LogP contribution < -0.4 is 10.5 Å². The summed E-state index contributed by atoms with van der Waals surface area (Å²) in [6.45, 7) is 1.79. The number of benzene rings is 1. The van der Waals surface area contributed by atoms with Gasteiger partial charge in [-0.1, -0.05) is 0 Å². The molecule has 0 radical (unpaired) electrons. The fourth-order valence-electron chi connectivity index (χ4n) is 2.26. The number of esters is 1. The zero-order valence-electron chi connectivity index (χ0n) is 11.3. The lowest BCUT2D eigenvalue weighted by molar-refractivity contribution is -0.142. The molecule has 0 unspecified atom stereocenters. The highest BCUT2D eigenvalue weighted by atomic mass is 16.5. The molecule has 1 aromatic heterocycles. The molecule has 0 bridgehead atoms. The lowest BCUT2D eigenvalue weighted by Crippen LogP contribution is -2.31. The van der Waals surface area contributed by atoms with Crippen molar-refractivity contribution >= 4 is 16.9 Å². The number of hydrogen-bond acceptors (Lipinski definition) is 4. The van der Waals surface area contributed by atoms with Crippen LogP contribution in [-0.4, -0.2) is 31.2 Å². The Balaban J connectivity index is 2.56. The highest BCUT2D eigenvalue weighted by molar-refractivity contribution is 5.91. The molecule has 0 aliphatic carbocycles. The largest absolute Gasteiger partial charge is 0.497 e. The summed E-state index contributed by atoms with van der Waals surface area (Å²) in [5.74, 6) is -0.0915. The number of H-pyrrole nitrogens is 1. The highest BCUT2D eigenvalue weighted by Gasteiger charge is 2.28. The predicted molar refractivity (Wildman–Crippen MR) is 73.3 cm³/mol. The Morgan fingerprint density at radius 1 is 1.37 bits per heavy atom. The number of methoxy groups -OCH3 is 2. The summed E-state index contributed by atoms with van der Waals surface area (Å²) in [6, 6.07) is 5.33. The van der Waals surface area contributed by atoms with Crippen molar-refractivity contribution in [1.29, 1.82) is 0 Å². The molecule has 0 spiro atoms. The number of carbonyl (C=O) groups excluding carboxylic acids is 1. The third kappa shape index (κ3) is 2.42. The van der Waals surface area contributed by atoms with Crippen LogP contribution in [0.3, 0.4) is 0 Å². The molecular formula is C14H18N2O3. The predicted octanol–water partition coefficient (Wildman–Crippen LogP) is 1.78. The molecule has 2 atom stereocenters. The average Bonchev–Trinajstić information content (AvgIpc) is 2.81. The summed E-state index contributed by atoms with van der Waals surface area (Å²) in [4.78, 5) is 15.0. The first-order valence-electron chi connectivity index (χ1n) is 6.07. The van der Waals surface area contributed by atoms with Gasteiger partial charge in [0.05, 0.1) is 20.1 Å². The van der Waals surface area contributed by atoms with Crippen molar-refractivity contribution in [2.75, 3.05) is 14.2 Å². The van der Waals surface area contributed by atoms with Gasteiger partial charge in [0.2, 0.25) is 0 Å². The van der Waals surface area contributed by atoms with E-state index in [0.29, 0.717) is 0 Å². The molecule has 1 aromatic carbocycles. The molecule has 1 heterocycles. The van der Waals surface area contributed by atoms with Crippen molar-refractivity contribution in [2.45, 2.75) is 18.9 Å². The van der Waals surface area contributed by atoms with E-state index in [1.54, 1.807) is 20.2 Å². The monoisotopic (exact) mass is 262 g/mol. The minimum atomic E-state index is -0.495. The van der Waals surface area contributed by atoms with E-state index in [1.165, 1.54) is 7.11 Å². The number of nitrogens with two attached hydrogens (primary N) is 1. The van der Waals surface area contributed by atoms with Crippen molar-refractivity contribution in [3.05, 3.63) is 30.0 Å². The topological polar surface area (TPSA) is 77.3 Å². The van der Waals surface area contributed by atoms with Crippen LogP contribution in [0.15, 0.2) is 24.4 Å². The van der Waals surface area contributed by atoms with Gasteiger partial charge in [0.25, 0.3) is 0 Å². The Morgan fingerprint density at radius 2 is 2.11 bits per heavy atom. The van der Waals surface area contributed by atoms with Crippen LogP contribution in [0.4, 0.5) is 0 Å². The third-order valence-electron chi connectivity index (χ3n) is 3.24. The zero-order valence-corrected chi connectivity index (χ0v) is 11.3. The van der Waals surface area contributed by atoms with E-state index in [0.717, 1.165) is 22.2 Å². The molecule has 102 valence electrons. The van der Waals surface area contributed by atoms with E-state index in [2.05, 4.69) is 4.98 Å². The quantitative estimate of drug-likeness (QED) is 0.823. The fourth-order valence-corrected chi connectivity index (χ4v) is 2.26. The van der Waals surface area contributed by atoms with E-state index in [-0.39, 0.29) is 12.0 Å². The van der Waals surface area contributed by atoms with Crippen molar-refractivity contribution in [2.24, 2.45) is 5.73 Å². The van der Waals surface area contributed by atoms with Crippen LogP contribution in [0.5, 0.6) is 5.75 Å². The van der Waals surface area contributed by atoms with Crippen LogP contribution >= 0.6 is 0 Å². The molecule has 0 saturated heterocycles. The summed E-state index contributed by atoms with van der Waals surface area (Å²) in [6.07, 6.45) is 1.80. The van der Waals surface area contributed by atoms with Gasteiger partial charge >= 0.3 is 5.97 Å². The Kier molecular flexibility index (Phi) is 3.76. The van der Waals surface area contributed by atoms with Crippen LogP contribution in [-0.2, 0) is 9.53 Å². The van der Waals surface area contributed by atoms with Crippen molar-refractivity contribution in [3.63, 3.8) is 0 Å². The molecule has 2 rings (SSSR count). The highest BCUT2D eigenvalue weighted by Crippen LogP contribution is 2.30. The van der Waals surface area contributed by atoms with Crippen LogP contribution in [0, 0.1) is 0 Å². The lowest BCUT2D eigenvalue weighted by Gasteiger charge is -2.17. The molecular weight excluding hydrogens is 244 g/mol. The van der Waals surface area contributed by atoms with Gasteiger partial charge in [-0.05, 0) is 30.7 Å². The van der Waals surface area contributed by atoms with Gasteiger partial charge in [0, 0.05) is 23.1 Å². The maximum atomic E-state index is 11.9.